The molecule has 1 heterocycles. The lowest BCUT2D eigenvalue weighted by molar-refractivity contribution is -0.127. The number of carbonyl (C=O) groups excluding carboxylic acids is 2. The number of rotatable bonds is 7. The van der Waals surface area contributed by atoms with E-state index in [2.05, 4.69) is 48.7 Å². The first-order valence-electron chi connectivity index (χ1n) is 12.0. The molecule has 1 fully saturated rings. The molecule has 7 heteroatoms. The summed E-state index contributed by atoms with van der Waals surface area (Å²) in [7, 11) is 0. The first kappa shape index (κ1) is 29.1. The van der Waals surface area contributed by atoms with Crippen molar-refractivity contribution in [3.8, 4) is 0 Å². The Morgan fingerprint density at radius 3 is 1.97 bits per heavy atom. The molecule has 34 heavy (non-hydrogen) atoms. The van der Waals surface area contributed by atoms with E-state index in [4.69, 9.17) is 5.73 Å². The lowest BCUT2D eigenvalue weighted by Crippen LogP contribution is -2.58. The molecule has 0 aromatic heterocycles. The summed E-state index contributed by atoms with van der Waals surface area (Å²) in [5.41, 5.74) is 7.95. The molecular formula is C27H42N4O3. The molecule has 7 nitrogen and oxygen atoms in total. The van der Waals surface area contributed by atoms with Crippen molar-refractivity contribution in [1.29, 1.82) is 0 Å². The van der Waals surface area contributed by atoms with Gasteiger partial charge in [-0.25, -0.2) is 4.79 Å². The highest BCUT2D eigenvalue weighted by molar-refractivity contribution is 5.87. The number of amides is 3. The van der Waals surface area contributed by atoms with Crippen LogP contribution in [0, 0.1) is 19.8 Å². The molecule has 188 valence electrons. The molecule has 2 aromatic carbocycles. The van der Waals surface area contributed by atoms with Gasteiger partial charge in [0.25, 0.3) is 0 Å². The van der Waals surface area contributed by atoms with Crippen molar-refractivity contribution in [3.63, 3.8) is 0 Å². The number of nitrogens with one attached hydrogen (secondary N) is 2. The lowest BCUT2D eigenvalue weighted by atomic mass is 10.0. The maximum absolute atomic E-state index is 12.3. The van der Waals surface area contributed by atoms with E-state index >= 15 is 0 Å². The second kappa shape index (κ2) is 16.7. The van der Waals surface area contributed by atoms with Gasteiger partial charge in [-0.1, -0.05) is 85.6 Å². The average Bonchev–Trinajstić information content (AvgIpc) is 2.82. The highest BCUT2D eigenvalue weighted by Crippen LogP contribution is 2.14. The minimum atomic E-state index is -0.605. The third-order valence-electron chi connectivity index (χ3n) is 5.28. The zero-order chi connectivity index (χ0) is 25.3. The van der Waals surface area contributed by atoms with Crippen LogP contribution in [0.4, 0.5) is 4.79 Å². The highest BCUT2D eigenvalue weighted by Gasteiger charge is 2.33. The van der Waals surface area contributed by atoms with Crippen molar-refractivity contribution in [2.45, 2.75) is 52.7 Å². The summed E-state index contributed by atoms with van der Waals surface area (Å²) >= 11 is 0. The zero-order valence-corrected chi connectivity index (χ0v) is 21.0. The predicted octanol–water partition coefficient (Wildman–Crippen LogP) is 3.24. The lowest BCUT2D eigenvalue weighted by Gasteiger charge is -2.36. The van der Waals surface area contributed by atoms with Gasteiger partial charge in [0.1, 0.15) is 6.04 Å². The molecule has 0 saturated carbocycles. The molecule has 3 rings (SSSR count). The maximum atomic E-state index is 12.3. The third-order valence-corrected chi connectivity index (χ3v) is 5.28. The summed E-state index contributed by atoms with van der Waals surface area (Å²) in [5.74, 6) is -0.153. The minimum absolute atomic E-state index is 0.0262. The van der Waals surface area contributed by atoms with Crippen molar-refractivity contribution >= 4 is 11.9 Å². The van der Waals surface area contributed by atoms with Crippen LogP contribution in [-0.4, -0.2) is 60.3 Å². The number of aryl methyl sites for hydroxylation is 2. The second-order valence-corrected chi connectivity index (χ2v) is 8.75. The molecule has 0 radical (unpaired) electrons. The van der Waals surface area contributed by atoms with E-state index < -0.39 is 12.1 Å². The first-order valence-corrected chi connectivity index (χ1v) is 12.0. The molecule has 5 N–H and O–H groups in total. The summed E-state index contributed by atoms with van der Waals surface area (Å²) < 4.78 is 0. The summed E-state index contributed by atoms with van der Waals surface area (Å²) in [5, 5.41) is 14.9. The molecule has 1 aliphatic rings. The number of benzene rings is 2. The number of carbonyl (C=O) groups is 2. The molecule has 0 spiro atoms. The standard InChI is InChI=1S/C13H26N4O3.2C7H8/c1-9(2)11(17-7-3-5-16-13(17)20)12(19)15-6-4-10(18)8-14;2*1-7-5-3-2-4-6-7/h9-11,18H,3-8,14H2,1-2H3,(H,15,19)(H,16,20);2*2-6H,1H3. The van der Waals surface area contributed by atoms with Crippen LogP contribution in [0.5, 0.6) is 0 Å². The Balaban J connectivity index is 0.000000331. The second-order valence-electron chi connectivity index (χ2n) is 8.75. The van der Waals surface area contributed by atoms with E-state index in [0.717, 1.165) is 6.42 Å². The maximum Gasteiger partial charge on any atom is 0.318 e. The van der Waals surface area contributed by atoms with Gasteiger partial charge in [0.15, 0.2) is 0 Å². The fourth-order valence-corrected chi connectivity index (χ4v) is 3.37. The Hall–Kier alpha value is -2.90. The molecule has 3 amide bonds. The first-order chi connectivity index (χ1) is 16.3. The van der Waals surface area contributed by atoms with Gasteiger partial charge in [-0.15, -0.1) is 0 Å². The van der Waals surface area contributed by atoms with Crippen molar-refractivity contribution in [2.24, 2.45) is 11.7 Å². The van der Waals surface area contributed by atoms with Gasteiger partial charge in [-0.2, -0.15) is 0 Å². The topological polar surface area (TPSA) is 108 Å². The number of nitrogens with zero attached hydrogens (tertiary/aromatic N) is 1. The fourth-order valence-electron chi connectivity index (χ4n) is 3.37. The van der Waals surface area contributed by atoms with Crippen molar-refractivity contribution < 1.29 is 14.7 Å². The fraction of sp³-hybridized carbons (Fsp3) is 0.481. The van der Waals surface area contributed by atoms with Crippen LogP contribution in [0.1, 0.15) is 37.8 Å². The predicted molar refractivity (Wildman–Crippen MR) is 138 cm³/mol. The van der Waals surface area contributed by atoms with Gasteiger partial charge < -0.3 is 26.4 Å². The van der Waals surface area contributed by atoms with Crippen LogP contribution in [0.25, 0.3) is 0 Å². The molecule has 0 aliphatic carbocycles. The van der Waals surface area contributed by atoms with Gasteiger partial charge in [0.05, 0.1) is 6.10 Å². The van der Waals surface area contributed by atoms with E-state index in [0.29, 0.717) is 26.1 Å². The average molecular weight is 471 g/mol. The smallest absolute Gasteiger partial charge is 0.318 e. The van der Waals surface area contributed by atoms with E-state index in [-0.39, 0.29) is 24.4 Å². The van der Waals surface area contributed by atoms with Crippen LogP contribution in [-0.2, 0) is 4.79 Å². The zero-order valence-electron chi connectivity index (χ0n) is 21.0. The van der Waals surface area contributed by atoms with Gasteiger partial charge >= 0.3 is 6.03 Å². The van der Waals surface area contributed by atoms with Crippen LogP contribution in [0.2, 0.25) is 0 Å². The number of aliphatic hydroxyl groups excluding tert-OH is 1. The molecule has 2 aromatic rings. The van der Waals surface area contributed by atoms with Crippen molar-refractivity contribution in [1.82, 2.24) is 15.5 Å². The number of aliphatic hydroxyl groups is 1. The molecule has 2 atom stereocenters. The number of hydrogen-bond acceptors (Lipinski definition) is 4. The van der Waals surface area contributed by atoms with Crippen LogP contribution in [0.3, 0.4) is 0 Å². The van der Waals surface area contributed by atoms with E-state index in [9.17, 15) is 14.7 Å². The number of hydrogen-bond donors (Lipinski definition) is 4. The molecule has 2 unspecified atom stereocenters. The quantitative estimate of drug-likeness (QED) is 0.498. The Labute approximate surface area is 204 Å². The van der Waals surface area contributed by atoms with Crippen molar-refractivity contribution in [3.05, 3.63) is 71.8 Å². The van der Waals surface area contributed by atoms with Crippen LogP contribution in [0.15, 0.2) is 60.7 Å². The minimum Gasteiger partial charge on any atom is -0.392 e. The Morgan fingerprint density at radius 2 is 1.59 bits per heavy atom. The monoisotopic (exact) mass is 470 g/mol. The number of nitrogens with two attached hydrogens (primary N) is 1. The van der Waals surface area contributed by atoms with Gasteiger partial charge in [-0.05, 0) is 32.6 Å². The Bertz CT molecular complexity index is 778. The van der Waals surface area contributed by atoms with Crippen LogP contribution < -0.4 is 16.4 Å². The summed E-state index contributed by atoms with van der Waals surface area (Å²) in [4.78, 5) is 25.7. The summed E-state index contributed by atoms with van der Waals surface area (Å²) in [6.45, 7) is 9.79. The van der Waals surface area contributed by atoms with E-state index in [1.165, 1.54) is 11.1 Å². The molecule has 0 bridgehead atoms. The van der Waals surface area contributed by atoms with E-state index in [1.807, 2.05) is 50.2 Å². The highest BCUT2D eigenvalue weighted by atomic mass is 16.3. The van der Waals surface area contributed by atoms with Gasteiger partial charge in [-0.3, -0.25) is 4.79 Å². The van der Waals surface area contributed by atoms with Crippen molar-refractivity contribution in [2.75, 3.05) is 26.2 Å². The third kappa shape index (κ3) is 11.8. The normalized spacial score (nSPS) is 14.6. The van der Waals surface area contributed by atoms with Crippen LogP contribution >= 0.6 is 0 Å². The largest absolute Gasteiger partial charge is 0.392 e. The number of urea groups is 1. The van der Waals surface area contributed by atoms with Gasteiger partial charge in [0, 0.05) is 26.2 Å². The molecule has 1 saturated heterocycles. The van der Waals surface area contributed by atoms with Gasteiger partial charge in [0.2, 0.25) is 5.91 Å². The Kier molecular flexibility index (Phi) is 14.3. The summed E-state index contributed by atoms with van der Waals surface area (Å²) in [6.07, 6.45) is 0.652. The Morgan fingerprint density at radius 1 is 1.06 bits per heavy atom. The molecule has 1 aliphatic heterocycles. The summed E-state index contributed by atoms with van der Waals surface area (Å²) in [6, 6.07) is 19.9. The molecular weight excluding hydrogens is 428 g/mol. The van der Waals surface area contributed by atoms with E-state index in [1.54, 1.807) is 4.90 Å². The SMILES string of the molecule is CC(C)C(C(=O)NCCC(O)CN)N1CCCNC1=O.Cc1ccccc1.Cc1ccccc1.